The van der Waals surface area contributed by atoms with Crippen LogP contribution in [-0.4, -0.2) is 28.2 Å². The Balaban J connectivity index is 1.73. The minimum Gasteiger partial charge on any atom is -0.396 e. The van der Waals surface area contributed by atoms with Crippen LogP contribution in [0.4, 0.5) is 10.1 Å². The van der Waals surface area contributed by atoms with E-state index in [1.165, 1.54) is 11.3 Å². The summed E-state index contributed by atoms with van der Waals surface area (Å²) in [5, 5.41) is 1.10. The van der Waals surface area contributed by atoms with Crippen LogP contribution in [0.1, 0.15) is 30.7 Å². The zero-order valence-corrected chi connectivity index (χ0v) is 17.5. The lowest BCUT2D eigenvalue weighted by atomic mass is 9.95. The molecule has 5 nitrogen and oxygen atoms in total. The van der Waals surface area contributed by atoms with Crippen molar-refractivity contribution in [1.29, 1.82) is 0 Å². The second-order valence-corrected chi connectivity index (χ2v) is 8.59. The van der Waals surface area contributed by atoms with Crippen LogP contribution < -0.4 is 5.73 Å². The zero-order chi connectivity index (χ0) is 20.2. The topological polar surface area (TPSA) is 73.9 Å². The molecule has 1 aliphatic rings. The van der Waals surface area contributed by atoms with Crippen LogP contribution in [0, 0.1) is 11.7 Å². The minimum atomic E-state index is -0.467. The van der Waals surface area contributed by atoms with E-state index >= 15 is 0 Å². The van der Waals surface area contributed by atoms with Crippen molar-refractivity contribution in [2.75, 3.05) is 18.9 Å². The lowest BCUT2D eigenvalue weighted by Gasteiger charge is -2.18. The monoisotopic (exact) mass is 432 g/mol. The maximum Gasteiger partial charge on any atom is 0.222 e. The predicted octanol–water partition coefficient (Wildman–Crippen LogP) is 5.39. The number of thiazole rings is 1. The number of nitrogen functional groups attached to an aromatic ring is 1. The normalized spacial score (nSPS) is 17.7. The molecule has 1 saturated heterocycles. The quantitative estimate of drug-likeness (QED) is 0.442. The van der Waals surface area contributed by atoms with Gasteiger partial charge in [0.15, 0.2) is 5.82 Å². The van der Waals surface area contributed by atoms with Crippen molar-refractivity contribution in [2.45, 2.75) is 32.1 Å². The van der Waals surface area contributed by atoms with Crippen molar-refractivity contribution in [1.82, 2.24) is 15.0 Å². The molecule has 1 aliphatic heterocycles. The van der Waals surface area contributed by atoms with Gasteiger partial charge < -0.3 is 10.5 Å². The van der Waals surface area contributed by atoms with E-state index in [9.17, 15) is 4.39 Å². The van der Waals surface area contributed by atoms with Crippen molar-refractivity contribution in [3.63, 3.8) is 0 Å². The largest absolute Gasteiger partial charge is 0.396 e. The number of anilines is 1. The molecule has 0 saturated carbocycles. The van der Waals surface area contributed by atoms with E-state index in [1.807, 2.05) is 0 Å². The number of nitrogens with two attached hydrogens (primary N) is 1. The Morgan fingerprint density at radius 2 is 2.07 bits per heavy atom. The highest BCUT2D eigenvalue weighted by Gasteiger charge is 2.22. The SMILES string of the molecule is Nc1cccc(-c2nc(CC3CCCCOCC3)sc2-c2ccnc(Cl)n2)c1F. The number of benzene rings is 1. The van der Waals surface area contributed by atoms with Gasteiger partial charge in [-0.1, -0.05) is 12.5 Å². The maximum atomic E-state index is 14.8. The molecular formula is C21H22ClFN4OS. The molecule has 8 heteroatoms. The fourth-order valence-corrected chi connectivity index (χ4v) is 4.90. The van der Waals surface area contributed by atoms with Gasteiger partial charge in [0, 0.05) is 31.4 Å². The smallest absolute Gasteiger partial charge is 0.222 e. The molecule has 1 fully saturated rings. The van der Waals surface area contributed by atoms with Gasteiger partial charge in [-0.2, -0.15) is 0 Å². The molecule has 2 N–H and O–H groups in total. The summed E-state index contributed by atoms with van der Waals surface area (Å²) in [6.07, 6.45) is 6.84. The van der Waals surface area contributed by atoms with E-state index < -0.39 is 5.82 Å². The molecular weight excluding hydrogens is 411 g/mol. The van der Waals surface area contributed by atoms with Gasteiger partial charge >= 0.3 is 0 Å². The number of ether oxygens (including phenoxy) is 1. The summed E-state index contributed by atoms with van der Waals surface area (Å²) in [4.78, 5) is 13.9. The predicted molar refractivity (Wildman–Crippen MR) is 114 cm³/mol. The first kappa shape index (κ1) is 20.2. The summed E-state index contributed by atoms with van der Waals surface area (Å²) in [5.41, 5.74) is 7.45. The van der Waals surface area contributed by atoms with Crippen molar-refractivity contribution in [3.05, 3.63) is 46.6 Å². The average Bonchev–Trinajstić information content (AvgIpc) is 3.10. The fourth-order valence-electron chi connectivity index (χ4n) is 3.59. The first-order valence-corrected chi connectivity index (χ1v) is 10.9. The summed E-state index contributed by atoms with van der Waals surface area (Å²) in [6, 6.07) is 6.73. The minimum absolute atomic E-state index is 0.0980. The first-order chi connectivity index (χ1) is 14.1. The molecule has 152 valence electrons. The Hall–Kier alpha value is -2.09. The first-order valence-electron chi connectivity index (χ1n) is 9.72. The summed E-state index contributed by atoms with van der Waals surface area (Å²) in [6.45, 7) is 1.63. The van der Waals surface area contributed by atoms with E-state index in [-0.39, 0.29) is 11.0 Å². The van der Waals surface area contributed by atoms with Crippen LogP contribution in [0.5, 0.6) is 0 Å². The molecule has 1 atom stereocenters. The van der Waals surface area contributed by atoms with Gasteiger partial charge in [0.1, 0.15) is 0 Å². The van der Waals surface area contributed by atoms with Gasteiger partial charge in [-0.15, -0.1) is 11.3 Å². The fraction of sp³-hybridized carbons (Fsp3) is 0.381. The van der Waals surface area contributed by atoms with E-state index in [2.05, 4.69) is 9.97 Å². The summed E-state index contributed by atoms with van der Waals surface area (Å²) >= 11 is 7.53. The van der Waals surface area contributed by atoms with Crippen molar-refractivity contribution >= 4 is 28.6 Å². The Kier molecular flexibility index (Phi) is 6.37. The van der Waals surface area contributed by atoms with Gasteiger partial charge in [-0.25, -0.2) is 19.3 Å². The number of hydrogen-bond acceptors (Lipinski definition) is 6. The highest BCUT2D eigenvalue weighted by Crippen LogP contribution is 2.39. The van der Waals surface area contributed by atoms with Crippen LogP contribution in [0.3, 0.4) is 0 Å². The Labute approximate surface area is 178 Å². The van der Waals surface area contributed by atoms with Crippen molar-refractivity contribution in [2.24, 2.45) is 5.92 Å². The lowest BCUT2D eigenvalue weighted by Crippen LogP contribution is -2.12. The number of halogens is 2. The van der Waals surface area contributed by atoms with Gasteiger partial charge in [0.05, 0.1) is 27.0 Å². The van der Waals surface area contributed by atoms with Crippen LogP contribution in [0.25, 0.3) is 21.8 Å². The second-order valence-electron chi connectivity index (χ2n) is 7.17. The molecule has 1 aromatic carbocycles. The molecule has 0 bridgehead atoms. The van der Waals surface area contributed by atoms with Crippen molar-refractivity contribution in [3.8, 4) is 21.8 Å². The van der Waals surface area contributed by atoms with E-state index in [0.717, 1.165) is 55.2 Å². The molecule has 4 rings (SSSR count). The van der Waals surface area contributed by atoms with Crippen LogP contribution >= 0.6 is 22.9 Å². The van der Waals surface area contributed by atoms with Gasteiger partial charge in [-0.05, 0) is 55.0 Å². The van der Waals surface area contributed by atoms with Crippen LogP contribution in [0.2, 0.25) is 5.28 Å². The summed E-state index contributed by atoms with van der Waals surface area (Å²) < 4.78 is 20.4. The van der Waals surface area contributed by atoms with Gasteiger partial charge in [-0.3, -0.25) is 0 Å². The zero-order valence-electron chi connectivity index (χ0n) is 15.9. The van der Waals surface area contributed by atoms with Crippen molar-refractivity contribution < 1.29 is 9.13 Å². The average molecular weight is 433 g/mol. The molecule has 1 unspecified atom stereocenters. The second kappa shape index (κ2) is 9.15. The standard InChI is InChI=1S/C21H22ClFN4OS/c22-21-25-9-7-16(26-21)20-19(14-5-3-6-15(24)18(14)23)27-17(29-20)12-13-4-1-2-10-28-11-8-13/h3,5-7,9,13H,1-2,4,8,10-12,24H2. The number of hydrogen-bond donors (Lipinski definition) is 1. The van der Waals surface area contributed by atoms with E-state index in [4.69, 9.17) is 27.1 Å². The number of nitrogens with zero attached hydrogens (tertiary/aromatic N) is 3. The summed E-state index contributed by atoms with van der Waals surface area (Å²) in [7, 11) is 0. The van der Waals surface area contributed by atoms with E-state index in [1.54, 1.807) is 30.5 Å². The van der Waals surface area contributed by atoms with Gasteiger partial charge in [0.2, 0.25) is 5.28 Å². The molecule has 0 radical (unpaired) electrons. The third-order valence-electron chi connectivity index (χ3n) is 5.10. The highest BCUT2D eigenvalue weighted by atomic mass is 35.5. The summed E-state index contributed by atoms with van der Waals surface area (Å²) in [5.74, 6) is 0.0342. The molecule has 0 aliphatic carbocycles. The molecule has 3 aromatic rings. The number of aromatic nitrogens is 3. The highest BCUT2D eigenvalue weighted by molar-refractivity contribution is 7.15. The van der Waals surface area contributed by atoms with Crippen LogP contribution in [-0.2, 0) is 11.2 Å². The molecule has 29 heavy (non-hydrogen) atoms. The molecule has 0 spiro atoms. The molecule has 3 heterocycles. The third kappa shape index (κ3) is 4.74. The molecule has 0 amide bonds. The van der Waals surface area contributed by atoms with E-state index in [0.29, 0.717) is 22.9 Å². The van der Waals surface area contributed by atoms with Crippen LogP contribution in [0.15, 0.2) is 30.5 Å². The maximum absolute atomic E-state index is 14.8. The Morgan fingerprint density at radius 3 is 2.93 bits per heavy atom. The molecule has 2 aromatic heterocycles. The number of rotatable bonds is 4. The Bertz CT molecular complexity index is 989. The Morgan fingerprint density at radius 1 is 1.17 bits per heavy atom. The third-order valence-corrected chi connectivity index (χ3v) is 6.38. The van der Waals surface area contributed by atoms with Gasteiger partial charge in [0.25, 0.3) is 0 Å². The lowest BCUT2D eigenvalue weighted by molar-refractivity contribution is 0.100.